The van der Waals surface area contributed by atoms with Crippen LogP contribution in [-0.4, -0.2) is 13.7 Å². The van der Waals surface area contributed by atoms with E-state index in [9.17, 15) is 4.39 Å². The molecule has 16 heavy (non-hydrogen) atoms. The van der Waals surface area contributed by atoms with Gasteiger partial charge in [-0.1, -0.05) is 11.6 Å². The van der Waals surface area contributed by atoms with Crippen molar-refractivity contribution in [3.8, 4) is 12.1 Å². The zero-order valence-corrected chi connectivity index (χ0v) is 9.25. The number of hydrogen-bond acceptors (Lipinski definition) is 3. The Hall–Kier alpha value is -1.62. The Morgan fingerprint density at radius 2 is 2.19 bits per heavy atom. The summed E-state index contributed by atoms with van der Waals surface area (Å²) in [6.45, 7) is 0.0315. The molecule has 1 unspecified atom stereocenters. The van der Waals surface area contributed by atoms with Gasteiger partial charge in [0.2, 0.25) is 0 Å². The van der Waals surface area contributed by atoms with Crippen LogP contribution in [0.4, 0.5) is 4.39 Å². The summed E-state index contributed by atoms with van der Waals surface area (Å²) in [5.74, 6) is -1.47. The number of methoxy groups -OCH3 is 1. The number of halogens is 2. The van der Waals surface area contributed by atoms with Gasteiger partial charge in [-0.05, 0) is 12.1 Å². The first-order valence-electron chi connectivity index (χ1n) is 4.41. The predicted octanol–water partition coefficient (Wildman–Crippen LogP) is 2.60. The monoisotopic (exact) mass is 238 g/mol. The van der Waals surface area contributed by atoms with Gasteiger partial charge >= 0.3 is 0 Å². The minimum Gasteiger partial charge on any atom is -0.383 e. The normalized spacial score (nSPS) is 11.6. The predicted molar refractivity (Wildman–Crippen MR) is 56.4 cm³/mol. The molecular weight excluding hydrogens is 231 g/mol. The van der Waals surface area contributed by atoms with Gasteiger partial charge in [-0.15, -0.1) is 0 Å². The van der Waals surface area contributed by atoms with Crippen LogP contribution in [-0.2, 0) is 4.74 Å². The molecule has 1 aromatic rings. The fourth-order valence-electron chi connectivity index (χ4n) is 1.38. The maximum Gasteiger partial charge on any atom is 0.130 e. The smallest absolute Gasteiger partial charge is 0.130 e. The maximum atomic E-state index is 13.6. The average Bonchev–Trinajstić information content (AvgIpc) is 2.25. The molecule has 1 aromatic carbocycles. The Bertz CT molecular complexity index is 476. The molecule has 5 heteroatoms. The van der Waals surface area contributed by atoms with Gasteiger partial charge in [0.15, 0.2) is 0 Å². The summed E-state index contributed by atoms with van der Waals surface area (Å²) in [5.41, 5.74) is 0.102. The summed E-state index contributed by atoms with van der Waals surface area (Å²) < 4.78 is 18.4. The molecule has 0 N–H and O–H groups in total. The lowest BCUT2D eigenvalue weighted by Gasteiger charge is -2.11. The summed E-state index contributed by atoms with van der Waals surface area (Å²) in [4.78, 5) is 0. The molecule has 0 spiro atoms. The number of benzene rings is 1. The highest BCUT2D eigenvalue weighted by molar-refractivity contribution is 6.30. The van der Waals surface area contributed by atoms with Crippen molar-refractivity contribution in [3.05, 3.63) is 34.1 Å². The van der Waals surface area contributed by atoms with E-state index < -0.39 is 11.7 Å². The molecule has 0 aliphatic carbocycles. The van der Waals surface area contributed by atoms with E-state index in [0.717, 1.165) is 6.07 Å². The summed E-state index contributed by atoms with van der Waals surface area (Å²) in [7, 11) is 1.41. The van der Waals surface area contributed by atoms with Gasteiger partial charge in [0.05, 0.1) is 30.2 Å². The van der Waals surface area contributed by atoms with Crippen molar-refractivity contribution in [3.63, 3.8) is 0 Å². The van der Waals surface area contributed by atoms with Crippen molar-refractivity contribution < 1.29 is 9.13 Å². The van der Waals surface area contributed by atoms with Crippen LogP contribution in [0.25, 0.3) is 0 Å². The Morgan fingerprint density at radius 1 is 1.50 bits per heavy atom. The first-order chi connectivity index (χ1) is 7.63. The molecule has 0 amide bonds. The highest BCUT2D eigenvalue weighted by atomic mass is 35.5. The highest BCUT2D eigenvalue weighted by Crippen LogP contribution is 2.26. The largest absolute Gasteiger partial charge is 0.383 e. The highest BCUT2D eigenvalue weighted by Gasteiger charge is 2.20. The van der Waals surface area contributed by atoms with Gasteiger partial charge in [-0.25, -0.2) is 4.39 Å². The molecular formula is C11H8ClFN2O. The molecule has 0 saturated carbocycles. The molecule has 0 bridgehead atoms. The summed E-state index contributed by atoms with van der Waals surface area (Å²) >= 11 is 5.62. The van der Waals surface area contributed by atoms with E-state index >= 15 is 0 Å². The van der Waals surface area contributed by atoms with E-state index in [4.69, 9.17) is 26.9 Å². The van der Waals surface area contributed by atoms with Crippen LogP contribution in [0.15, 0.2) is 12.1 Å². The van der Waals surface area contributed by atoms with Gasteiger partial charge in [0.1, 0.15) is 5.82 Å². The second-order valence-corrected chi connectivity index (χ2v) is 3.53. The number of hydrogen-bond donors (Lipinski definition) is 0. The summed E-state index contributed by atoms with van der Waals surface area (Å²) in [6.07, 6.45) is 0. The minimum absolute atomic E-state index is 0.0315. The van der Waals surface area contributed by atoms with E-state index in [2.05, 4.69) is 0 Å². The van der Waals surface area contributed by atoms with Crippen molar-refractivity contribution in [2.24, 2.45) is 0 Å². The fourth-order valence-corrected chi connectivity index (χ4v) is 1.59. The van der Waals surface area contributed by atoms with E-state index in [0.29, 0.717) is 0 Å². The standard InChI is InChI=1S/C11H8ClFN2O/c1-16-6-8(5-15)11-7(4-14)2-9(12)3-10(11)13/h2-3,8H,6H2,1H3. The first-order valence-corrected chi connectivity index (χ1v) is 4.79. The Balaban J connectivity index is 3.32. The maximum absolute atomic E-state index is 13.6. The van der Waals surface area contributed by atoms with Gasteiger partial charge in [-0.2, -0.15) is 10.5 Å². The van der Waals surface area contributed by atoms with Gasteiger partial charge < -0.3 is 4.74 Å². The van der Waals surface area contributed by atoms with Crippen LogP contribution in [0.5, 0.6) is 0 Å². The zero-order valence-electron chi connectivity index (χ0n) is 8.50. The number of nitrogens with zero attached hydrogens (tertiary/aromatic N) is 2. The van der Waals surface area contributed by atoms with Crippen LogP contribution in [0.1, 0.15) is 17.0 Å². The van der Waals surface area contributed by atoms with Crippen LogP contribution in [0, 0.1) is 28.5 Å². The van der Waals surface area contributed by atoms with Crippen molar-refractivity contribution in [2.45, 2.75) is 5.92 Å². The molecule has 0 fully saturated rings. The van der Waals surface area contributed by atoms with Crippen LogP contribution >= 0.6 is 11.6 Å². The molecule has 0 aliphatic rings. The van der Waals surface area contributed by atoms with E-state index in [1.807, 2.05) is 12.1 Å². The average molecular weight is 239 g/mol. The van der Waals surface area contributed by atoms with E-state index in [1.54, 1.807) is 0 Å². The van der Waals surface area contributed by atoms with E-state index in [1.165, 1.54) is 13.2 Å². The second kappa shape index (κ2) is 5.46. The van der Waals surface area contributed by atoms with Crippen LogP contribution < -0.4 is 0 Å². The van der Waals surface area contributed by atoms with Crippen molar-refractivity contribution in [2.75, 3.05) is 13.7 Å². The molecule has 0 aromatic heterocycles. The SMILES string of the molecule is COCC(C#N)c1c(F)cc(Cl)cc1C#N. The summed E-state index contributed by atoms with van der Waals surface area (Å²) in [6, 6.07) is 6.13. The Morgan fingerprint density at radius 3 is 2.69 bits per heavy atom. The van der Waals surface area contributed by atoms with Crippen molar-refractivity contribution in [1.29, 1.82) is 10.5 Å². The molecule has 3 nitrogen and oxygen atoms in total. The molecule has 0 radical (unpaired) electrons. The third kappa shape index (κ3) is 2.49. The number of ether oxygens (including phenoxy) is 1. The molecule has 0 heterocycles. The topological polar surface area (TPSA) is 56.8 Å². The van der Waals surface area contributed by atoms with E-state index in [-0.39, 0.29) is 22.8 Å². The zero-order chi connectivity index (χ0) is 12.1. The minimum atomic E-state index is -0.808. The van der Waals surface area contributed by atoms with Crippen molar-refractivity contribution >= 4 is 11.6 Å². The number of rotatable bonds is 3. The van der Waals surface area contributed by atoms with Crippen LogP contribution in [0.2, 0.25) is 5.02 Å². The Labute approximate surface area is 97.6 Å². The third-order valence-electron chi connectivity index (χ3n) is 2.05. The first kappa shape index (κ1) is 12.4. The second-order valence-electron chi connectivity index (χ2n) is 3.10. The molecule has 82 valence electrons. The summed E-state index contributed by atoms with van der Waals surface area (Å²) in [5, 5.41) is 17.9. The number of nitriles is 2. The van der Waals surface area contributed by atoms with Gasteiger partial charge in [-0.3, -0.25) is 0 Å². The third-order valence-corrected chi connectivity index (χ3v) is 2.27. The molecule has 0 saturated heterocycles. The quantitative estimate of drug-likeness (QED) is 0.813. The molecule has 1 atom stereocenters. The Kier molecular flexibility index (Phi) is 4.25. The lowest BCUT2D eigenvalue weighted by Crippen LogP contribution is -2.08. The van der Waals surface area contributed by atoms with Crippen molar-refractivity contribution in [1.82, 2.24) is 0 Å². The van der Waals surface area contributed by atoms with Gasteiger partial charge in [0, 0.05) is 17.7 Å². The van der Waals surface area contributed by atoms with Crippen LogP contribution in [0.3, 0.4) is 0 Å². The molecule has 0 aliphatic heterocycles. The fraction of sp³-hybridized carbons (Fsp3) is 0.273. The molecule has 1 rings (SSSR count). The lowest BCUT2D eigenvalue weighted by molar-refractivity contribution is 0.191. The lowest BCUT2D eigenvalue weighted by atomic mass is 9.96. The van der Waals surface area contributed by atoms with Gasteiger partial charge in [0.25, 0.3) is 0 Å².